The van der Waals surface area contributed by atoms with Gasteiger partial charge in [-0.2, -0.15) is 13.2 Å². The predicted octanol–water partition coefficient (Wildman–Crippen LogP) is 5.18. The van der Waals surface area contributed by atoms with Crippen LogP contribution in [0.15, 0.2) is 42.5 Å². The van der Waals surface area contributed by atoms with Gasteiger partial charge in [-0.25, -0.2) is 0 Å². The Morgan fingerprint density at radius 1 is 1.26 bits per heavy atom. The molecule has 2 rings (SSSR count). The number of halogens is 3. The summed E-state index contributed by atoms with van der Waals surface area (Å²) in [5.41, 5.74) is -0.342. The van der Waals surface area contributed by atoms with Crippen LogP contribution >= 0.6 is 11.8 Å². The van der Waals surface area contributed by atoms with E-state index in [1.54, 1.807) is 6.92 Å². The molecule has 0 heterocycles. The molecule has 1 atom stereocenters. The third-order valence-corrected chi connectivity index (χ3v) is 5.09. The molecule has 0 unspecified atom stereocenters. The second-order valence-corrected chi connectivity index (χ2v) is 7.18. The fourth-order valence-electron chi connectivity index (χ4n) is 2.29. The van der Waals surface area contributed by atoms with Gasteiger partial charge in [0.1, 0.15) is 0 Å². The second kappa shape index (κ2) is 8.43. The lowest BCUT2D eigenvalue weighted by molar-refractivity contribution is -0.385. The monoisotopic (exact) mass is 398 g/mol. The Balaban J connectivity index is 2.12. The van der Waals surface area contributed by atoms with Crippen molar-refractivity contribution in [3.05, 3.63) is 69.3 Å². The van der Waals surface area contributed by atoms with Crippen molar-refractivity contribution in [3.8, 4) is 0 Å². The molecule has 0 bridgehead atoms. The molecule has 0 spiro atoms. The quantitative estimate of drug-likeness (QED) is 0.537. The Labute approximate surface area is 158 Å². The number of hydrogen-bond acceptors (Lipinski definition) is 4. The van der Waals surface area contributed by atoms with Gasteiger partial charge < -0.3 is 5.32 Å². The van der Waals surface area contributed by atoms with Crippen LogP contribution in [0.5, 0.6) is 0 Å². The molecule has 0 aliphatic carbocycles. The third kappa shape index (κ3) is 5.46. The molecule has 9 heteroatoms. The molecule has 0 radical (unpaired) electrons. The van der Waals surface area contributed by atoms with Crippen molar-refractivity contribution in [1.82, 2.24) is 0 Å². The summed E-state index contributed by atoms with van der Waals surface area (Å²) >= 11 is 1.29. The van der Waals surface area contributed by atoms with Crippen molar-refractivity contribution >= 4 is 29.0 Å². The average molecular weight is 398 g/mol. The number of carbonyl (C=O) groups excluding carboxylic acids is 1. The topological polar surface area (TPSA) is 72.2 Å². The molecule has 1 amide bonds. The summed E-state index contributed by atoms with van der Waals surface area (Å²) in [6.07, 6.45) is -4.83. The van der Waals surface area contributed by atoms with Crippen LogP contribution in [0.25, 0.3) is 0 Å². The molecular formula is C18H17F3N2O3S. The number of non-ortho nitro benzene ring substituents is 1. The minimum absolute atomic E-state index is 0.417. The lowest BCUT2D eigenvalue weighted by Crippen LogP contribution is -2.24. The van der Waals surface area contributed by atoms with Gasteiger partial charge in [0.15, 0.2) is 0 Å². The van der Waals surface area contributed by atoms with E-state index in [1.165, 1.54) is 11.8 Å². The highest BCUT2D eigenvalue weighted by Gasteiger charge is 2.36. The van der Waals surface area contributed by atoms with E-state index in [0.717, 1.165) is 23.3 Å². The number of nitro groups is 1. The largest absolute Gasteiger partial charge is 0.418 e. The molecule has 2 aromatic rings. The van der Waals surface area contributed by atoms with Gasteiger partial charge in [0.2, 0.25) is 5.91 Å². The van der Waals surface area contributed by atoms with E-state index < -0.39 is 39.2 Å². The zero-order chi connectivity index (χ0) is 20.2. The van der Waals surface area contributed by atoms with Crippen LogP contribution in [0.1, 0.15) is 23.6 Å². The zero-order valence-corrected chi connectivity index (χ0v) is 15.4. The maximum atomic E-state index is 13.2. The number of alkyl halides is 3. The molecule has 2 aromatic carbocycles. The van der Waals surface area contributed by atoms with Crippen LogP contribution in [-0.4, -0.2) is 16.1 Å². The Hall–Kier alpha value is -2.55. The Kier molecular flexibility index (Phi) is 6.48. The smallest absolute Gasteiger partial charge is 0.325 e. The van der Waals surface area contributed by atoms with Crippen LogP contribution in [-0.2, 0) is 16.7 Å². The Morgan fingerprint density at radius 2 is 1.93 bits per heavy atom. The van der Waals surface area contributed by atoms with E-state index in [2.05, 4.69) is 5.32 Å². The Morgan fingerprint density at radius 3 is 2.52 bits per heavy atom. The molecule has 144 valence electrons. The van der Waals surface area contributed by atoms with Crippen LogP contribution in [0.4, 0.5) is 24.5 Å². The number of aryl methyl sites for hydroxylation is 1. The first-order valence-corrected chi connectivity index (χ1v) is 8.97. The number of nitrogens with one attached hydrogen (secondary N) is 1. The van der Waals surface area contributed by atoms with E-state index >= 15 is 0 Å². The van der Waals surface area contributed by atoms with Crippen molar-refractivity contribution in [1.29, 1.82) is 0 Å². The van der Waals surface area contributed by atoms with E-state index in [9.17, 15) is 28.1 Å². The number of rotatable bonds is 6. The van der Waals surface area contributed by atoms with E-state index in [1.807, 2.05) is 31.2 Å². The van der Waals surface area contributed by atoms with Gasteiger partial charge in [-0.15, -0.1) is 11.8 Å². The number of benzene rings is 2. The molecule has 5 nitrogen and oxygen atoms in total. The van der Waals surface area contributed by atoms with Gasteiger partial charge in [-0.05, 0) is 31.0 Å². The number of nitrogens with zero attached hydrogens (tertiary/aromatic N) is 1. The third-order valence-electron chi connectivity index (χ3n) is 3.90. The number of hydrogen-bond donors (Lipinski definition) is 1. The van der Waals surface area contributed by atoms with Gasteiger partial charge in [0, 0.05) is 17.9 Å². The molecule has 0 aliphatic heterocycles. The first-order chi connectivity index (χ1) is 12.6. The van der Waals surface area contributed by atoms with Gasteiger partial charge in [-0.3, -0.25) is 14.9 Å². The highest BCUT2D eigenvalue weighted by atomic mass is 32.2. The van der Waals surface area contributed by atoms with Crippen molar-refractivity contribution < 1.29 is 22.9 Å². The predicted molar refractivity (Wildman–Crippen MR) is 98.7 cm³/mol. The van der Waals surface area contributed by atoms with Crippen LogP contribution in [0.2, 0.25) is 0 Å². The van der Waals surface area contributed by atoms with E-state index in [4.69, 9.17) is 0 Å². The fourth-order valence-corrected chi connectivity index (χ4v) is 3.25. The number of nitro benzene ring substituents is 1. The first-order valence-electron chi connectivity index (χ1n) is 7.92. The summed E-state index contributed by atoms with van der Waals surface area (Å²) in [6.45, 7) is 3.53. The number of anilines is 1. The minimum atomic E-state index is -4.83. The highest BCUT2D eigenvalue weighted by molar-refractivity contribution is 7.99. The number of thioether (sulfide) groups is 1. The standard InChI is InChI=1S/C18H17F3N2O3S/c1-11-5-3-4-6-13(11)10-27-12(2)17(24)22-16-8-7-14(23(25)26)9-15(16)18(19,20)21/h3-9,12H,10H2,1-2H3,(H,22,24)/t12-/m1/s1. The number of carbonyl (C=O) groups is 1. The molecule has 0 saturated heterocycles. The summed E-state index contributed by atoms with van der Waals surface area (Å²) in [4.78, 5) is 22.1. The maximum Gasteiger partial charge on any atom is 0.418 e. The van der Waals surface area contributed by atoms with Crippen LogP contribution in [0.3, 0.4) is 0 Å². The highest BCUT2D eigenvalue weighted by Crippen LogP contribution is 2.37. The summed E-state index contributed by atoms with van der Waals surface area (Å²) in [5.74, 6) is -0.0684. The van der Waals surface area contributed by atoms with E-state index in [0.29, 0.717) is 11.8 Å². The zero-order valence-electron chi connectivity index (χ0n) is 14.5. The van der Waals surface area contributed by atoms with Crippen LogP contribution in [0, 0.1) is 17.0 Å². The average Bonchev–Trinajstić information content (AvgIpc) is 2.59. The molecule has 0 saturated carbocycles. The van der Waals surface area contributed by atoms with Gasteiger partial charge in [0.25, 0.3) is 5.69 Å². The molecule has 0 aliphatic rings. The van der Waals surface area contributed by atoms with Crippen molar-refractivity contribution in [3.63, 3.8) is 0 Å². The van der Waals surface area contributed by atoms with E-state index in [-0.39, 0.29) is 0 Å². The van der Waals surface area contributed by atoms with Crippen LogP contribution < -0.4 is 5.32 Å². The summed E-state index contributed by atoms with van der Waals surface area (Å²) in [5, 5.41) is 12.3. The molecule has 27 heavy (non-hydrogen) atoms. The summed E-state index contributed by atoms with van der Waals surface area (Å²) < 4.78 is 39.5. The summed E-state index contributed by atoms with van der Waals surface area (Å²) in [6, 6.07) is 9.87. The second-order valence-electron chi connectivity index (χ2n) is 5.85. The van der Waals surface area contributed by atoms with Gasteiger partial charge >= 0.3 is 6.18 Å². The molecule has 0 aromatic heterocycles. The summed E-state index contributed by atoms with van der Waals surface area (Å²) in [7, 11) is 0. The van der Waals surface area contributed by atoms with Gasteiger partial charge in [-0.1, -0.05) is 24.3 Å². The molecular weight excluding hydrogens is 381 g/mol. The number of amides is 1. The Bertz CT molecular complexity index is 856. The minimum Gasteiger partial charge on any atom is -0.325 e. The maximum absolute atomic E-state index is 13.2. The fraction of sp³-hybridized carbons (Fsp3) is 0.278. The lowest BCUT2D eigenvalue weighted by atomic mass is 10.1. The van der Waals surface area contributed by atoms with Gasteiger partial charge in [0.05, 0.1) is 21.4 Å². The molecule has 0 fully saturated rings. The molecule has 1 N–H and O–H groups in total. The van der Waals surface area contributed by atoms with Crippen molar-refractivity contribution in [2.24, 2.45) is 0 Å². The first kappa shape index (κ1) is 20.8. The SMILES string of the molecule is Cc1ccccc1CS[C@H](C)C(=O)Nc1ccc([N+](=O)[O-])cc1C(F)(F)F. The normalized spacial score (nSPS) is 12.5. The van der Waals surface area contributed by atoms with Crippen molar-refractivity contribution in [2.45, 2.75) is 31.0 Å². The lowest BCUT2D eigenvalue weighted by Gasteiger charge is -2.16. The van der Waals surface area contributed by atoms with Crippen molar-refractivity contribution in [2.75, 3.05) is 5.32 Å².